The lowest BCUT2D eigenvalue weighted by molar-refractivity contribution is -0.940. The second kappa shape index (κ2) is 16.6. The number of carboxylic acids is 1. The van der Waals surface area contributed by atoms with Crippen molar-refractivity contribution >= 4 is 49.6 Å². The number of hydrogen-bond acceptors (Lipinski definition) is 18. The summed E-state index contributed by atoms with van der Waals surface area (Å²) in [5.41, 5.74) is 1.72. The van der Waals surface area contributed by atoms with Gasteiger partial charge in [-0.3, -0.25) is 36.1 Å². The Morgan fingerprint density at radius 3 is 2.52 bits per heavy atom. The van der Waals surface area contributed by atoms with Crippen LogP contribution >= 0.6 is 23.4 Å². The first-order chi connectivity index (χ1) is 21.3. The van der Waals surface area contributed by atoms with E-state index in [9.17, 15) is 31.3 Å². The van der Waals surface area contributed by atoms with Gasteiger partial charge in [-0.15, -0.1) is 11.8 Å². The average molecular weight is 709 g/mol. The smallest absolute Gasteiger partial charge is 0.217 e. The van der Waals surface area contributed by atoms with Crippen LogP contribution < -0.4 is 58.3 Å². The number of aliphatic carboxylic acids is 1. The monoisotopic (exact) mass is 708 g/mol. The summed E-state index contributed by atoms with van der Waals surface area (Å²) >= 11 is 7.98. The molecule has 11 N–H and O–H groups in total. The van der Waals surface area contributed by atoms with Gasteiger partial charge in [0.2, 0.25) is 16.7 Å². The topological polar surface area (TPSA) is 267 Å². The number of halogens is 1. The predicted molar refractivity (Wildman–Crippen MR) is 159 cm³/mol. The molecule has 1 aliphatic carbocycles. The molecule has 0 aromatic heterocycles. The summed E-state index contributed by atoms with van der Waals surface area (Å²) in [6, 6.07) is 0.0190. The van der Waals surface area contributed by atoms with Crippen LogP contribution in [-0.2, 0) is 29.2 Å². The molecule has 1 saturated carbocycles. The highest BCUT2D eigenvalue weighted by atomic mass is 35.5. The molecule has 44 heavy (non-hydrogen) atoms. The lowest BCUT2D eigenvalue weighted by Gasteiger charge is -2.42. The Hall–Kier alpha value is -0.470. The molecule has 3 saturated heterocycles. The normalized spacial score (nSPS) is 37.7. The quantitative estimate of drug-likeness (QED) is 0.0249. The number of likely N-dealkylation sites (tertiary alicyclic amines) is 1. The molecular weight excluding hydrogens is 664 g/mol. The summed E-state index contributed by atoms with van der Waals surface area (Å²) in [5.74, 6) is -1.34. The van der Waals surface area contributed by atoms with Crippen molar-refractivity contribution in [3.63, 3.8) is 0 Å². The second-order valence-corrected chi connectivity index (χ2v) is 16.4. The van der Waals surface area contributed by atoms with E-state index in [2.05, 4.69) is 52.4 Å². The molecule has 0 aromatic carbocycles. The number of sulfone groups is 1. The minimum Gasteiger partial charge on any atom is -0.726 e. The SMILES string of the molecule is [2H]NC1NC(SCCNC2NC(Cl)NC(NC3CCC(S(=O)(=O)CCOS(=O)(=O)[O-])CC3)N2)NC([NH+]2CCCC(C(=O)[O-])C2)N1. The first kappa shape index (κ1) is 34.9. The number of nitrogens with two attached hydrogens (primary N) is 1. The number of quaternary nitrogens is 1. The zero-order valence-corrected chi connectivity index (χ0v) is 27.3. The first-order valence-corrected chi connectivity index (χ1v) is 19.2. The molecule has 4 fully saturated rings. The number of carbonyl (C=O) groups is 1. The van der Waals surface area contributed by atoms with E-state index >= 15 is 0 Å². The lowest BCUT2D eigenvalue weighted by atomic mass is 9.95. The molecule has 8 atom stereocenters. The largest absolute Gasteiger partial charge is 0.726 e. The Morgan fingerprint density at radius 2 is 1.82 bits per heavy atom. The van der Waals surface area contributed by atoms with Crippen molar-refractivity contribution in [2.45, 2.75) is 86.1 Å². The highest BCUT2D eigenvalue weighted by Crippen LogP contribution is 2.25. The molecule has 0 bridgehead atoms. The molecule has 4 rings (SSSR count). The predicted octanol–water partition coefficient (Wildman–Crippen LogP) is -6.39. The molecule has 0 spiro atoms. The van der Waals surface area contributed by atoms with Crippen molar-refractivity contribution in [1.29, 1.82) is 0 Å². The van der Waals surface area contributed by atoms with Gasteiger partial charge in [-0.05, 0) is 38.5 Å². The van der Waals surface area contributed by atoms with Crippen LogP contribution in [-0.4, -0.2) is 113 Å². The summed E-state index contributed by atoms with van der Waals surface area (Å²) in [4.78, 5) is 12.5. The van der Waals surface area contributed by atoms with Gasteiger partial charge in [0.15, 0.2) is 9.84 Å². The van der Waals surface area contributed by atoms with Crippen molar-refractivity contribution in [2.24, 2.45) is 11.6 Å². The number of piperidine rings is 1. The fourth-order valence-electron chi connectivity index (χ4n) is 5.95. The zero-order valence-electron chi connectivity index (χ0n) is 25.1. The molecule has 256 valence electrons. The molecule has 0 amide bonds. The first-order valence-electron chi connectivity index (χ1n) is 15.2. The van der Waals surface area contributed by atoms with Crippen LogP contribution in [0.2, 0.25) is 1.41 Å². The van der Waals surface area contributed by atoms with Gasteiger partial charge >= 0.3 is 0 Å². The highest BCUT2D eigenvalue weighted by Gasteiger charge is 2.36. The van der Waals surface area contributed by atoms with Gasteiger partial charge in [-0.25, -0.2) is 27.5 Å². The van der Waals surface area contributed by atoms with Crippen LogP contribution in [0, 0.1) is 5.92 Å². The molecule has 0 radical (unpaired) electrons. The standard InChI is InChI=1S/C22H45ClN10O8S3/c23-17-27-19(25-7-10-42-22-30-18(24)29-21(32-22)33-8-1-2-13(12-33)16(34)35)31-20(28-17)26-14-3-5-15(6-4-14)43(36,37)11-9-41-44(38,39)40/h13-15,17-22,25-32H,1-12,24H2,(H,34,35)(H,38,39,40)/p-1/i/hD. The van der Waals surface area contributed by atoms with Crippen LogP contribution in [0.25, 0.3) is 0 Å². The Bertz CT molecular complexity index is 1180. The number of thioether (sulfide) groups is 1. The van der Waals surface area contributed by atoms with Gasteiger partial charge in [0, 0.05) is 24.3 Å². The lowest BCUT2D eigenvalue weighted by Crippen LogP contribution is -3.22. The highest BCUT2D eigenvalue weighted by molar-refractivity contribution is 7.99. The van der Waals surface area contributed by atoms with Gasteiger partial charge in [0.05, 0.1) is 36.7 Å². The number of nitrogens with one attached hydrogen (secondary N) is 9. The van der Waals surface area contributed by atoms with E-state index in [1.54, 1.807) is 11.8 Å². The molecule has 8 unspecified atom stereocenters. The van der Waals surface area contributed by atoms with Crippen molar-refractivity contribution in [3.8, 4) is 0 Å². The maximum absolute atomic E-state index is 12.5. The minimum absolute atomic E-state index is 0.0190. The number of carboxylic acid groups (broad SMARTS) is 1. The van der Waals surface area contributed by atoms with E-state index in [1.165, 1.54) is 0 Å². The second-order valence-electron chi connectivity index (χ2n) is 11.3. The van der Waals surface area contributed by atoms with E-state index in [4.69, 9.17) is 13.0 Å². The fourth-order valence-corrected chi connectivity index (χ4v) is 9.17. The van der Waals surface area contributed by atoms with Crippen LogP contribution in [0.1, 0.15) is 38.5 Å². The van der Waals surface area contributed by atoms with Gasteiger partial charge in [0.1, 0.15) is 31.4 Å². The van der Waals surface area contributed by atoms with E-state index in [0.29, 0.717) is 50.9 Å². The molecule has 3 aliphatic heterocycles. The Morgan fingerprint density at radius 1 is 1.07 bits per heavy atom. The third-order valence-electron chi connectivity index (χ3n) is 8.14. The fraction of sp³-hybridized carbons (Fsp3) is 0.955. The Kier molecular flexibility index (Phi) is 13.1. The summed E-state index contributed by atoms with van der Waals surface area (Å²) < 4.78 is 68.5. The third kappa shape index (κ3) is 11.6. The molecular formula is C22H44ClN10O8S3-. The zero-order chi connectivity index (χ0) is 32.6. The third-order valence-corrected chi connectivity index (χ3v) is 12.1. The van der Waals surface area contributed by atoms with Crippen LogP contribution in [0.5, 0.6) is 0 Å². The van der Waals surface area contributed by atoms with Crippen molar-refractivity contribution in [2.75, 3.05) is 37.7 Å². The minimum atomic E-state index is -4.93. The van der Waals surface area contributed by atoms with Crippen molar-refractivity contribution in [3.05, 3.63) is 0 Å². The van der Waals surface area contributed by atoms with Crippen LogP contribution in [0.4, 0.5) is 0 Å². The van der Waals surface area contributed by atoms with E-state index in [-0.39, 0.29) is 30.4 Å². The Labute approximate surface area is 268 Å². The van der Waals surface area contributed by atoms with Gasteiger partial charge in [-0.2, -0.15) is 0 Å². The number of carbonyl (C=O) groups excluding carboxylic acids is 1. The average Bonchev–Trinajstić information content (AvgIpc) is 2.98. The van der Waals surface area contributed by atoms with E-state index in [0.717, 1.165) is 17.9 Å². The van der Waals surface area contributed by atoms with Crippen molar-refractivity contribution in [1.82, 2.24) is 42.5 Å². The number of alkyl halides is 1. The number of hydrogen-bond donors (Lipinski definition) is 10. The summed E-state index contributed by atoms with van der Waals surface area (Å²) in [6.45, 7) is 1.19. The van der Waals surface area contributed by atoms with Gasteiger partial charge in [-0.1, -0.05) is 11.6 Å². The maximum Gasteiger partial charge on any atom is 0.217 e. The number of rotatable bonds is 15. The van der Waals surface area contributed by atoms with E-state index in [1.807, 2.05) is 0 Å². The Balaban J connectivity index is 1.16. The van der Waals surface area contributed by atoms with Crippen LogP contribution in [0.3, 0.4) is 0 Å². The molecule has 22 heteroatoms. The molecule has 18 nitrogen and oxygen atoms in total. The summed E-state index contributed by atoms with van der Waals surface area (Å²) in [6.07, 6.45) is 1.96. The van der Waals surface area contributed by atoms with E-state index < -0.39 is 61.6 Å². The summed E-state index contributed by atoms with van der Waals surface area (Å²) in [7, 11) is -8.53. The molecule has 3 heterocycles. The molecule has 0 aromatic rings. The van der Waals surface area contributed by atoms with Gasteiger partial charge in [0.25, 0.3) is 0 Å². The molecule has 4 aliphatic rings. The summed E-state index contributed by atoms with van der Waals surface area (Å²) in [5, 5.41) is 37.2. The maximum atomic E-state index is 12.5. The van der Waals surface area contributed by atoms with Crippen molar-refractivity contribution < 1.29 is 41.8 Å². The van der Waals surface area contributed by atoms with Crippen LogP contribution in [0.15, 0.2) is 0 Å². The van der Waals surface area contributed by atoms with Gasteiger partial charge < -0.3 is 25.1 Å².